The van der Waals surface area contributed by atoms with Gasteiger partial charge in [0.05, 0.1) is 38.2 Å². The van der Waals surface area contributed by atoms with Crippen molar-refractivity contribution in [3.8, 4) is 11.5 Å². The first-order valence-electron chi connectivity index (χ1n) is 11.8. The average Bonchev–Trinajstić information content (AvgIpc) is 3.25. The number of nitrogens with one attached hydrogen (secondary N) is 2. The molecule has 0 saturated carbocycles. The van der Waals surface area contributed by atoms with Crippen LogP contribution in [-0.4, -0.2) is 74.8 Å². The molecule has 0 aliphatic carbocycles. The Balaban J connectivity index is 1.50. The van der Waals surface area contributed by atoms with Crippen LogP contribution in [0.2, 0.25) is 0 Å². The Morgan fingerprint density at radius 2 is 1.80 bits per heavy atom. The van der Waals surface area contributed by atoms with E-state index in [-0.39, 0.29) is 24.2 Å². The van der Waals surface area contributed by atoms with E-state index in [1.54, 1.807) is 33.3 Å². The van der Waals surface area contributed by atoms with Crippen molar-refractivity contribution in [1.82, 2.24) is 9.88 Å². The van der Waals surface area contributed by atoms with Crippen LogP contribution >= 0.6 is 0 Å². The Labute approximate surface area is 204 Å². The number of hydrogen-bond acceptors (Lipinski definition) is 7. The van der Waals surface area contributed by atoms with Crippen LogP contribution in [0.25, 0.3) is 10.9 Å². The number of carbonyl (C=O) groups excluding carboxylic acids is 2. The van der Waals surface area contributed by atoms with Gasteiger partial charge in [-0.3, -0.25) is 9.69 Å². The van der Waals surface area contributed by atoms with Gasteiger partial charge >= 0.3 is 5.97 Å². The van der Waals surface area contributed by atoms with Gasteiger partial charge in [0.2, 0.25) is 5.91 Å². The first-order chi connectivity index (χ1) is 17.0. The molecular weight excluding hydrogens is 448 g/mol. The van der Waals surface area contributed by atoms with Gasteiger partial charge in [-0.25, -0.2) is 4.79 Å². The predicted molar refractivity (Wildman–Crippen MR) is 136 cm³/mol. The molecule has 1 saturated heterocycles. The van der Waals surface area contributed by atoms with E-state index >= 15 is 0 Å². The molecule has 1 atom stereocenters. The van der Waals surface area contributed by atoms with Gasteiger partial charge in [0.25, 0.3) is 0 Å². The molecule has 4 rings (SSSR count). The first-order valence-corrected chi connectivity index (χ1v) is 11.8. The maximum Gasteiger partial charge on any atom is 0.356 e. The van der Waals surface area contributed by atoms with Gasteiger partial charge < -0.3 is 29.4 Å². The summed E-state index contributed by atoms with van der Waals surface area (Å²) in [4.78, 5) is 33.4. The highest BCUT2D eigenvalue weighted by Gasteiger charge is 2.29. The van der Waals surface area contributed by atoms with Crippen molar-refractivity contribution >= 4 is 34.2 Å². The van der Waals surface area contributed by atoms with Crippen LogP contribution in [0, 0.1) is 0 Å². The number of para-hydroxylation sites is 2. The number of aromatic nitrogens is 1. The SMILES string of the molecule is CCOC(=O)c1[nH]c2ccc(OC)cc2c1NC(=O)[C@@H](C)N1CCN(c2ccccc2OC)CC1. The summed E-state index contributed by atoms with van der Waals surface area (Å²) < 4.78 is 16.0. The van der Waals surface area contributed by atoms with Crippen LogP contribution in [0.3, 0.4) is 0 Å². The van der Waals surface area contributed by atoms with E-state index in [0.29, 0.717) is 22.3 Å². The zero-order valence-electron chi connectivity index (χ0n) is 20.6. The van der Waals surface area contributed by atoms with Crippen molar-refractivity contribution in [3.05, 3.63) is 48.2 Å². The molecule has 1 amide bonds. The molecule has 1 aromatic heterocycles. The fraction of sp³-hybridized carbons (Fsp3) is 0.385. The number of fused-ring (bicyclic) bond motifs is 1. The number of benzene rings is 2. The van der Waals surface area contributed by atoms with Gasteiger partial charge in [0, 0.05) is 37.1 Å². The van der Waals surface area contributed by atoms with E-state index in [1.165, 1.54) is 0 Å². The van der Waals surface area contributed by atoms with Crippen molar-refractivity contribution in [2.45, 2.75) is 19.9 Å². The summed E-state index contributed by atoms with van der Waals surface area (Å²) in [7, 11) is 3.25. The number of ether oxygens (including phenoxy) is 3. The lowest BCUT2D eigenvalue weighted by Gasteiger charge is -2.38. The van der Waals surface area contributed by atoms with Gasteiger partial charge in [0.15, 0.2) is 0 Å². The van der Waals surface area contributed by atoms with Crippen LogP contribution in [-0.2, 0) is 9.53 Å². The van der Waals surface area contributed by atoms with Gasteiger partial charge in [-0.1, -0.05) is 12.1 Å². The molecule has 0 radical (unpaired) electrons. The normalized spacial score (nSPS) is 15.0. The number of methoxy groups -OCH3 is 2. The molecule has 0 spiro atoms. The summed E-state index contributed by atoms with van der Waals surface area (Å²) in [6.45, 7) is 6.85. The molecule has 2 heterocycles. The lowest BCUT2D eigenvalue weighted by atomic mass is 10.1. The number of piperazine rings is 1. The Morgan fingerprint density at radius 1 is 1.06 bits per heavy atom. The number of H-pyrrole nitrogens is 1. The van der Waals surface area contributed by atoms with Crippen molar-refractivity contribution in [3.63, 3.8) is 0 Å². The lowest BCUT2D eigenvalue weighted by Crippen LogP contribution is -2.53. The number of aromatic amines is 1. The summed E-state index contributed by atoms with van der Waals surface area (Å²) in [5, 5.41) is 3.67. The molecule has 3 aromatic rings. The lowest BCUT2D eigenvalue weighted by molar-refractivity contribution is -0.120. The van der Waals surface area contributed by atoms with Gasteiger partial charge in [-0.15, -0.1) is 0 Å². The minimum absolute atomic E-state index is 0.190. The molecule has 2 aromatic carbocycles. The Kier molecular flexibility index (Phi) is 7.45. The smallest absolute Gasteiger partial charge is 0.356 e. The molecule has 35 heavy (non-hydrogen) atoms. The van der Waals surface area contributed by atoms with E-state index in [0.717, 1.165) is 37.6 Å². The highest BCUT2D eigenvalue weighted by atomic mass is 16.5. The van der Waals surface area contributed by atoms with Crippen LogP contribution in [0.15, 0.2) is 42.5 Å². The number of anilines is 2. The van der Waals surface area contributed by atoms with Gasteiger partial charge in [-0.2, -0.15) is 0 Å². The van der Waals surface area contributed by atoms with Crippen LogP contribution < -0.4 is 19.7 Å². The zero-order valence-corrected chi connectivity index (χ0v) is 20.6. The average molecular weight is 481 g/mol. The first kappa shape index (κ1) is 24.4. The number of nitrogens with zero attached hydrogens (tertiary/aromatic N) is 2. The largest absolute Gasteiger partial charge is 0.497 e. The predicted octanol–water partition coefficient (Wildman–Crippen LogP) is 3.51. The third kappa shape index (κ3) is 5.05. The molecule has 0 unspecified atom stereocenters. The van der Waals surface area contributed by atoms with Crippen molar-refractivity contribution in [1.29, 1.82) is 0 Å². The summed E-state index contributed by atoms with van der Waals surface area (Å²) in [6, 6.07) is 13.0. The van der Waals surface area contributed by atoms with E-state index in [2.05, 4.69) is 20.1 Å². The maximum atomic E-state index is 13.3. The zero-order chi connectivity index (χ0) is 24.9. The van der Waals surface area contributed by atoms with Crippen molar-refractivity contribution in [2.75, 3.05) is 57.2 Å². The van der Waals surface area contributed by atoms with Crippen LogP contribution in [0.4, 0.5) is 11.4 Å². The quantitative estimate of drug-likeness (QED) is 0.476. The third-order valence-corrected chi connectivity index (χ3v) is 6.40. The topological polar surface area (TPSA) is 96.1 Å². The third-order valence-electron chi connectivity index (χ3n) is 6.40. The van der Waals surface area contributed by atoms with Crippen LogP contribution in [0.1, 0.15) is 24.3 Å². The summed E-state index contributed by atoms with van der Waals surface area (Å²) in [6.07, 6.45) is 0. The Bertz CT molecular complexity index is 1200. The van der Waals surface area contributed by atoms with Crippen molar-refractivity contribution < 1.29 is 23.8 Å². The molecule has 1 fully saturated rings. The minimum Gasteiger partial charge on any atom is -0.497 e. The fourth-order valence-electron chi connectivity index (χ4n) is 4.42. The van der Waals surface area contributed by atoms with Gasteiger partial charge in [0.1, 0.15) is 17.2 Å². The summed E-state index contributed by atoms with van der Waals surface area (Å²) in [5.41, 5.74) is 2.39. The standard InChI is InChI=1S/C26H32N4O5/c1-5-35-26(32)24-23(19-16-18(33-3)10-11-20(19)27-24)28-25(31)17(2)29-12-14-30(15-13-29)21-8-6-7-9-22(21)34-4/h6-11,16-17,27H,5,12-15H2,1-4H3,(H,28,31)/t17-/m1/s1. The number of rotatable bonds is 8. The van der Waals surface area contributed by atoms with E-state index in [4.69, 9.17) is 14.2 Å². The Morgan fingerprint density at radius 3 is 2.49 bits per heavy atom. The van der Waals surface area contributed by atoms with Gasteiger partial charge in [-0.05, 0) is 44.2 Å². The molecule has 9 heteroatoms. The highest BCUT2D eigenvalue weighted by Crippen LogP contribution is 2.32. The molecular formula is C26H32N4O5. The van der Waals surface area contributed by atoms with E-state index in [9.17, 15) is 9.59 Å². The molecule has 2 N–H and O–H groups in total. The van der Waals surface area contributed by atoms with Crippen molar-refractivity contribution in [2.24, 2.45) is 0 Å². The second-order valence-corrected chi connectivity index (χ2v) is 8.37. The molecule has 186 valence electrons. The summed E-state index contributed by atoms with van der Waals surface area (Å²) in [5.74, 6) is 0.761. The molecule has 9 nitrogen and oxygen atoms in total. The minimum atomic E-state index is -0.518. The number of esters is 1. The molecule has 0 bridgehead atoms. The maximum absolute atomic E-state index is 13.3. The number of hydrogen-bond donors (Lipinski definition) is 2. The summed E-state index contributed by atoms with van der Waals surface area (Å²) >= 11 is 0. The second-order valence-electron chi connectivity index (χ2n) is 8.37. The Hall–Kier alpha value is -3.72. The monoisotopic (exact) mass is 480 g/mol. The van der Waals surface area contributed by atoms with E-state index in [1.807, 2.05) is 37.3 Å². The van der Waals surface area contributed by atoms with Crippen LogP contribution in [0.5, 0.6) is 11.5 Å². The second kappa shape index (κ2) is 10.7. The van der Waals surface area contributed by atoms with E-state index < -0.39 is 5.97 Å². The number of carbonyl (C=O) groups is 2. The number of amides is 1. The molecule has 1 aliphatic rings. The fourth-order valence-corrected chi connectivity index (χ4v) is 4.42. The molecule has 1 aliphatic heterocycles. The highest BCUT2D eigenvalue weighted by molar-refractivity contribution is 6.12.